The van der Waals surface area contributed by atoms with Crippen molar-refractivity contribution in [2.45, 2.75) is 6.92 Å². The molecule has 0 radical (unpaired) electrons. The van der Waals surface area contributed by atoms with Crippen LogP contribution in [0, 0.1) is 6.92 Å². The average molecular weight is 306 g/mol. The van der Waals surface area contributed by atoms with Gasteiger partial charge < -0.3 is 15.5 Å². The van der Waals surface area contributed by atoms with Crippen LogP contribution in [0.2, 0.25) is 5.02 Å². The molecule has 21 heavy (non-hydrogen) atoms. The Morgan fingerprint density at radius 1 is 1.10 bits per heavy atom. The third kappa shape index (κ3) is 3.32. The number of aromatic carboxylic acids is 1. The Morgan fingerprint density at radius 2 is 1.81 bits per heavy atom. The number of carbonyl (C=O) groups is 2. The van der Waals surface area contributed by atoms with E-state index in [1.807, 2.05) is 0 Å². The van der Waals surface area contributed by atoms with E-state index in [9.17, 15) is 14.7 Å². The zero-order chi connectivity index (χ0) is 15.6. The molecule has 0 saturated carbocycles. The summed E-state index contributed by atoms with van der Waals surface area (Å²) >= 11 is 5.70. The smallest absolute Gasteiger partial charge is 0.336 e. The highest BCUT2D eigenvalue weighted by Crippen LogP contribution is 2.23. The fourth-order valence-electron chi connectivity index (χ4n) is 1.83. The number of aromatic hydroxyl groups is 1. The Kier molecular flexibility index (Phi) is 4.14. The van der Waals surface area contributed by atoms with E-state index in [1.54, 1.807) is 19.1 Å². The van der Waals surface area contributed by atoms with Crippen molar-refractivity contribution in [3.8, 4) is 5.75 Å². The summed E-state index contributed by atoms with van der Waals surface area (Å²) in [5.41, 5.74) is 1.08. The van der Waals surface area contributed by atoms with E-state index in [4.69, 9.17) is 16.7 Å². The number of hydrogen-bond acceptors (Lipinski definition) is 3. The Morgan fingerprint density at radius 3 is 2.43 bits per heavy atom. The molecule has 6 heteroatoms. The molecule has 0 fully saturated rings. The van der Waals surface area contributed by atoms with Gasteiger partial charge in [-0.25, -0.2) is 4.79 Å². The van der Waals surface area contributed by atoms with Crippen LogP contribution in [-0.2, 0) is 0 Å². The van der Waals surface area contributed by atoms with Crippen molar-refractivity contribution in [1.82, 2.24) is 0 Å². The lowest BCUT2D eigenvalue weighted by molar-refractivity contribution is 0.0695. The summed E-state index contributed by atoms with van der Waals surface area (Å²) < 4.78 is 0. The number of anilines is 1. The summed E-state index contributed by atoms with van der Waals surface area (Å²) in [4.78, 5) is 23.1. The van der Waals surface area contributed by atoms with Crippen LogP contribution in [0.5, 0.6) is 5.75 Å². The lowest BCUT2D eigenvalue weighted by Gasteiger charge is -2.09. The second-order valence-electron chi connectivity index (χ2n) is 4.45. The van der Waals surface area contributed by atoms with E-state index in [0.29, 0.717) is 16.3 Å². The summed E-state index contributed by atoms with van der Waals surface area (Å²) in [5.74, 6) is -1.87. The molecule has 0 aliphatic rings. The van der Waals surface area contributed by atoms with Crippen LogP contribution in [0.25, 0.3) is 0 Å². The minimum Gasteiger partial charge on any atom is -0.507 e. The van der Waals surface area contributed by atoms with Gasteiger partial charge >= 0.3 is 5.97 Å². The van der Waals surface area contributed by atoms with E-state index in [1.165, 1.54) is 24.3 Å². The van der Waals surface area contributed by atoms with Gasteiger partial charge in [0.25, 0.3) is 5.91 Å². The maximum Gasteiger partial charge on any atom is 0.336 e. The third-order valence-corrected chi connectivity index (χ3v) is 3.17. The maximum atomic E-state index is 12.1. The van der Waals surface area contributed by atoms with Gasteiger partial charge in [-0.15, -0.1) is 0 Å². The number of phenolic OH excluding ortho intramolecular Hbond substituents is 1. The molecule has 1 amide bonds. The molecule has 0 saturated heterocycles. The number of carboxylic acid groups (broad SMARTS) is 1. The fourth-order valence-corrected chi connectivity index (χ4v) is 1.99. The van der Waals surface area contributed by atoms with Crippen molar-refractivity contribution < 1.29 is 19.8 Å². The van der Waals surface area contributed by atoms with Gasteiger partial charge in [0.1, 0.15) is 5.75 Å². The summed E-state index contributed by atoms with van der Waals surface area (Å²) in [6.45, 7) is 1.67. The fraction of sp³-hybridized carbons (Fsp3) is 0.0667. The van der Waals surface area contributed by atoms with Gasteiger partial charge in [0, 0.05) is 10.7 Å². The Bertz CT molecular complexity index is 728. The molecule has 0 atom stereocenters. The number of nitrogens with one attached hydrogen (secondary N) is 1. The van der Waals surface area contributed by atoms with Crippen molar-refractivity contribution in [3.63, 3.8) is 0 Å². The van der Waals surface area contributed by atoms with Crippen LogP contribution in [0.15, 0.2) is 36.4 Å². The summed E-state index contributed by atoms with van der Waals surface area (Å²) in [5, 5.41) is 21.6. The van der Waals surface area contributed by atoms with E-state index in [-0.39, 0.29) is 16.9 Å². The van der Waals surface area contributed by atoms with Gasteiger partial charge in [-0.3, -0.25) is 4.79 Å². The largest absolute Gasteiger partial charge is 0.507 e. The van der Waals surface area contributed by atoms with Crippen LogP contribution in [-0.4, -0.2) is 22.1 Å². The zero-order valence-electron chi connectivity index (χ0n) is 11.1. The van der Waals surface area contributed by atoms with Gasteiger partial charge in [-0.1, -0.05) is 17.7 Å². The first-order valence-corrected chi connectivity index (χ1v) is 6.40. The van der Waals surface area contributed by atoms with E-state index in [2.05, 4.69) is 5.32 Å². The quantitative estimate of drug-likeness (QED) is 0.812. The molecule has 0 bridgehead atoms. The molecule has 0 spiro atoms. The van der Waals surface area contributed by atoms with Crippen LogP contribution in [0.3, 0.4) is 0 Å². The molecule has 2 rings (SSSR count). The normalized spacial score (nSPS) is 10.2. The van der Waals surface area contributed by atoms with Crippen molar-refractivity contribution >= 4 is 29.2 Å². The Hall–Kier alpha value is -2.53. The van der Waals surface area contributed by atoms with Crippen molar-refractivity contribution in [2.24, 2.45) is 0 Å². The topological polar surface area (TPSA) is 86.6 Å². The van der Waals surface area contributed by atoms with Gasteiger partial charge in [0.2, 0.25) is 0 Å². The summed E-state index contributed by atoms with van der Waals surface area (Å²) in [6, 6.07) is 8.68. The van der Waals surface area contributed by atoms with Gasteiger partial charge in [0.05, 0.1) is 11.1 Å². The minimum absolute atomic E-state index is 0.0526. The monoisotopic (exact) mass is 305 g/mol. The molecule has 0 aliphatic heterocycles. The Labute approximate surface area is 125 Å². The van der Waals surface area contributed by atoms with Gasteiger partial charge in [0.15, 0.2) is 0 Å². The molecule has 3 N–H and O–H groups in total. The number of halogens is 1. The molecule has 108 valence electrons. The Balaban J connectivity index is 2.27. The van der Waals surface area contributed by atoms with Crippen LogP contribution in [0.4, 0.5) is 5.69 Å². The van der Waals surface area contributed by atoms with Crippen LogP contribution < -0.4 is 5.32 Å². The summed E-state index contributed by atoms with van der Waals surface area (Å²) in [6.07, 6.45) is 0. The first kappa shape index (κ1) is 14.9. The first-order chi connectivity index (χ1) is 9.88. The van der Waals surface area contributed by atoms with Crippen molar-refractivity contribution in [3.05, 3.63) is 58.1 Å². The number of amides is 1. The maximum absolute atomic E-state index is 12.1. The second-order valence-corrected chi connectivity index (χ2v) is 4.89. The number of carboxylic acids is 1. The molecule has 0 aliphatic carbocycles. The third-order valence-electron chi connectivity index (χ3n) is 2.93. The highest BCUT2D eigenvalue weighted by atomic mass is 35.5. The van der Waals surface area contributed by atoms with Crippen LogP contribution in [0.1, 0.15) is 26.3 Å². The molecule has 0 heterocycles. The molecule has 5 nitrogen and oxygen atoms in total. The molecule has 0 unspecified atom stereocenters. The van der Waals surface area contributed by atoms with E-state index in [0.717, 1.165) is 0 Å². The lowest BCUT2D eigenvalue weighted by atomic mass is 10.1. The molecule has 2 aromatic rings. The number of phenols is 1. The van der Waals surface area contributed by atoms with E-state index < -0.39 is 11.9 Å². The number of benzene rings is 2. The highest BCUT2D eigenvalue weighted by Gasteiger charge is 2.13. The molecular formula is C15H12ClNO4. The van der Waals surface area contributed by atoms with Crippen molar-refractivity contribution in [2.75, 3.05) is 5.32 Å². The SMILES string of the molecule is Cc1ccc(NC(=O)c2ccc(Cl)cc2O)cc1C(=O)O. The number of aryl methyl sites for hydroxylation is 1. The van der Waals surface area contributed by atoms with Crippen LogP contribution >= 0.6 is 11.6 Å². The summed E-state index contributed by atoms with van der Waals surface area (Å²) in [7, 11) is 0. The molecular weight excluding hydrogens is 294 g/mol. The van der Waals surface area contributed by atoms with Crippen molar-refractivity contribution in [1.29, 1.82) is 0 Å². The number of carbonyl (C=O) groups excluding carboxylic acids is 1. The zero-order valence-corrected chi connectivity index (χ0v) is 11.8. The second kappa shape index (κ2) is 5.85. The number of hydrogen-bond donors (Lipinski definition) is 3. The minimum atomic E-state index is -1.07. The predicted octanol–water partition coefficient (Wildman–Crippen LogP) is 3.30. The number of rotatable bonds is 3. The van der Waals surface area contributed by atoms with Gasteiger partial charge in [-0.05, 0) is 42.8 Å². The predicted molar refractivity (Wildman–Crippen MR) is 79.2 cm³/mol. The van der Waals surface area contributed by atoms with Gasteiger partial charge in [-0.2, -0.15) is 0 Å². The molecule has 0 aromatic heterocycles. The average Bonchev–Trinajstić information content (AvgIpc) is 2.40. The highest BCUT2D eigenvalue weighted by molar-refractivity contribution is 6.31. The molecule has 2 aromatic carbocycles. The van der Waals surface area contributed by atoms with E-state index >= 15 is 0 Å². The lowest BCUT2D eigenvalue weighted by Crippen LogP contribution is -2.13. The standard InChI is InChI=1S/C15H12ClNO4/c1-8-2-4-10(7-12(8)15(20)21)17-14(19)11-5-3-9(16)6-13(11)18/h2-7,18H,1H3,(H,17,19)(H,20,21). The first-order valence-electron chi connectivity index (χ1n) is 6.02.